The van der Waals surface area contributed by atoms with Crippen LogP contribution in [-0.4, -0.2) is 37.8 Å². The Morgan fingerprint density at radius 2 is 1.85 bits per heavy atom. The number of aromatic nitrogens is 5. The van der Waals surface area contributed by atoms with Crippen LogP contribution in [0.4, 0.5) is 11.4 Å². The zero-order valence-corrected chi connectivity index (χ0v) is 23.6. The van der Waals surface area contributed by atoms with Gasteiger partial charge in [-0.15, -0.1) is 5.10 Å². The van der Waals surface area contributed by atoms with Gasteiger partial charge in [0.2, 0.25) is 17.0 Å². The molecule has 0 atom stereocenters. The number of rotatable bonds is 8. The number of anilines is 2. The smallest absolute Gasteiger partial charge is 0.234 e. The van der Waals surface area contributed by atoms with Crippen LogP contribution in [0.15, 0.2) is 66.1 Å². The van der Waals surface area contributed by atoms with Crippen molar-refractivity contribution in [2.75, 3.05) is 16.4 Å². The number of tetrazole rings is 1. The number of halogens is 2. The van der Waals surface area contributed by atoms with Crippen molar-refractivity contribution in [3.05, 3.63) is 87.3 Å². The quantitative estimate of drug-likeness (QED) is 0.172. The fourth-order valence-electron chi connectivity index (χ4n) is 3.57. The van der Waals surface area contributed by atoms with Crippen LogP contribution in [0.3, 0.4) is 0 Å². The summed E-state index contributed by atoms with van der Waals surface area (Å²) in [5, 5.41) is 29.8. The second-order valence-corrected chi connectivity index (χ2v) is 11.4. The van der Waals surface area contributed by atoms with E-state index in [1.165, 1.54) is 23.1 Å². The van der Waals surface area contributed by atoms with Gasteiger partial charge in [-0.3, -0.25) is 9.59 Å². The lowest BCUT2D eigenvalue weighted by Gasteiger charge is -2.20. The number of nitrogens with one attached hydrogen (secondary N) is 2. The molecule has 0 bridgehead atoms. The molecular formula is C26H25Cl2N7O3S. The summed E-state index contributed by atoms with van der Waals surface area (Å²) in [5.41, 5.74) is 3.04. The van der Waals surface area contributed by atoms with Gasteiger partial charge in [-0.2, -0.15) is 9.41 Å². The normalized spacial score (nSPS) is 11.3. The van der Waals surface area contributed by atoms with Crippen molar-refractivity contribution in [3.8, 4) is 5.69 Å². The predicted octanol–water partition coefficient (Wildman–Crippen LogP) is 4.81. The Hall–Kier alpha value is -3.67. The summed E-state index contributed by atoms with van der Waals surface area (Å²) in [7, 11) is 0. The molecule has 202 valence electrons. The third-order valence-corrected chi connectivity index (χ3v) is 7.08. The SMILES string of the molecule is CC(C)(C)c1ccc(-n2nnnc2SCC(=O)Nc2ccc(NC(=O)Cc3ccc[n+]([O-])c3)cc2Cl)c(Cl)c1. The first-order valence-corrected chi connectivity index (χ1v) is 13.5. The highest BCUT2D eigenvalue weighted by atomic mass is 35.5. The zero-order chi connectivity index (χ0) is 28.2. The molecule has 0 saturated carbocycles. The van der Waals surface area contributed by atoms with Crippen LogP contribution < -0.4 is 15.4 Å². The van der Waals surface area contributed by atoms with Crippen molar-refractivity contribution in [1.29, 1.82) is 0 Å². The maximum Gasteiger partial charge on any atom is 0.234 e. The minimum atomic E-state index is -0.322. The van der Waals surface area contributed by atoms with Gasteiger partial charge in [-0.25, -0.2) is 0 Å². The Balaban J connectivity index is 1.35. The molecule has 0 fully saturated rings. The van der Waals surface area contributed by atoms with Crippen molar-refractivity contribution in [3.63, 3.8) is 0 Å². The third-order valence-electron chi connectivity index (χ3n) is 5.54. The van der Waals surface area contributed by atoms with E-state index in [2.05, 4.69) is 46.9 Å². The zero-order valence-electron chi connectivity index (χ0n) is 21.3. The number of benzene rings is 2. The van der Waals surface area contributed by atoms with Crippen LogP contribution in [-0.2, 0) is 21.4 Å². The van der Waals surface area contributed by atoms with Crippen LogP contribution in [0.1, 0.15) is 31.9 Å². The fraction of sp³-hybridized carbons (Fsp3) is 0.231. The topological polar surface area (TPSA) is 129 Å². The highest BCUT2D eigenvalue weighted by Crippen LogP contribution is 2.31. The number of hydrogen-bond donors (Lipinski definition) is 2. The Morgan fingerprint density at radius 1 is 1.05 bits per heavy atom. The van der Waals surface area contributed by atoms with Gasteiger partial charge in [-0.1, -0.05) is 61.8 Å². The van der Waals surface area contributed by atoms with Crippen molar-refractivity contribution < 1.29 is 14.3 Å². The first kappa shape index (κ1) is 28.3. The fourth-order valence-corrected chi connectivity index (χ4v) is 4.74. The molecule has 2 aromatic heterocycles. The van der Waals surface area contributed by atoms with Crippen molar-refractivity contribution in [2.24, 2.45) is 0 Å². The molecule has 0 unspecified atom stereocenters. The van der Waals surface area contributed by atoms with Gasteiger partial charge < -0.3 is 15.8 Å². The van der Waals surface area contributed by atoms with Crippen LogP contribution >= 0.6 is 35.0 Å². The predicted molar refractivity (Wildman–Crippen MR) is 151 cm³/mol. The molecule has 0 spiro atoms. The van der Waals surface area contributed by atoms with Crippen LogP contribution in [0.2, 0.25) is 10.0 Å². The molecule has 10 nitrogen and oxygen atoms in total. The monoisotopic (exact) mass is 585 g/mol. The number of amides is 2. The molecule has 39 heavy (non-hydrogen) atoms. The van der Waals surface area contributed by atoms with Gasteiger partial charge in [0.25, 0.3) is 0 Å². The highest BCUT2D eigenvalue weighted by molar-refractivity contribution is 7.99. The van der Waals surface area contributed by atoms with Gasteiger partial charge in [0.15, 0.2) is 12.4 Å². The van der Waals surface area contributed by atoms with E-state index >= 15 is 0 Å². The van der Waals surface area contributed by atoms with E-state index in [0.29, 0.717) is 37.5 Å². The maximum atomic E-state index is 12.6. The molecule has 2 N–H and O–H groups in total. The number of nitrogens with zero attached hydrogens (tertiary/aromatic N) is 5. The Labute approximate surface area is 239 Å². The second-order valence-electron chi connectivity index (χ2n) is 9.62. The van der Waals surface area contributed by atoms with E-state index in [4.69, 9.17) is 23.2 Å². The van der Waals surface area contributed by atoms with E-state index in [9.17, 15) is 14.8 Å². The molecule has 0 saturated heterocycles. The van der Waals surface area contributed by atoms with E-state index in [1.54, 1.807) is 24.3 Å². The summed E-state index contributed by atoms with van der Waals surface area (Å²) in [6, 6.07) is 13.7. The molecule has 2 heterocycles. The number of pyridine rings is 1. The van der Waals surface area contributed by atoms with Crippen molar-refractivity contribution in [1.82, 2.24) is 20.2 Å². The largest absolute Gasteiger partial charge is 0.619 e. The summed E-state index contributed by atoms with van der Waals surface area (Å²) < 4.78 is 2.12. The van der Waals surface area contributed by atoms with E-state index in [1.807, 2.05) is 18.2 Å². The number of thioether (sulfide) groups is 1. The Kier molecular flexibility index (Phi) is 8.73. The number of carbonyl (C=O) groups excluding carboxylic acids is 2. The van der Waals surface area contributed by atoms with Crippen LogP contribution in [0.25, 0.3) is 5.69 Å². The summed E-state index contributed by atoms with van der Waals surface area (Å²) >= 11 is 14.0. The number of carbonyl (C=O) groups is 2. The van der Waals surface area contributed by atoms with Gasteiger partial charge in [0.05, 0.1) is 33.6 Å². The minimum absolute atomic E-state index is 0.0175. The third kappa shape index (κ3) is 7.47. The minimum Gasteiger partial charge on any atom is -0.619 e. The molecule has 2 aromatic carbocycles. The van der Waals surface area contributed by atoms with Crippen molar-refractivity contribution >= 4 is 58.2 Å². The van der Waals surface area contributed by atoms with Crippen molar-refractivity contribution in [2.45, 2.75) is 37.8 Å². The molecule has 0 radical (unpaired) electrons. The molecular weight excluding hydrogens is 561 g/mol. The highest BCUT2D eigenvalue weighted by Gasteiger charge is 2.19. The summed E-state index contributed by atoms with van der Waals surface area (Å²) in [5.74, 6) is -0.613. The summed E-state index contributed by atoms with van der Waals surface area (Å²) in [6.07, 6.45) is 2.71. The standard InChI is InChI=1S/C26H25Cl2N7O3S/c1-26(2,3)17-6-9-22(20(28)12-17)35-25(31-32-33-35)39-15-24(37)30-21-8-7-18(13-19(21)27)29-23(36)11-16-5-4-10-34(38)14-16/h4-10,12-14H,11,15H2,1-3H3,(H,29,36)(H,30,37). The Bertz CT molecular complexity index is 1520. The molecule has 13 heteroatoms. The van der Waals surface area contributed by atoms with Gasteiger partial charge in [0.1, 0.15) is 0 Å². The van der Waals surface area contributed by atoms with Crippen LogP contribution in [0.5, 0.6) is 0 Å². The summed E-state index contributed by atoms with van der Waals surface area (Å²) in [4.78, 5) is 24.9. The first-order chi connectivity index (χ1) is 18.5. The second kappa shape index (κ2) is 12.0. The molecule has 2 amide bonds. The molecule has 0 aliphatic heterocycles. The first-order valence-electron chi connectivity index (χ1n) is 11.8. The van der Waals surface area contributed by atoms with Gasteiger partial charge >= 0.3 is 0 Å². The molecule has 4 aromatic rings. The molecule has 4 rings (SSSR count). The Morgan fingerprint density at radius 3 is 2.54 bits per heavy atom. The lowest BCUT2D eigenvalue weighted by atomic mass is 9.87. The lowest BCUT2D eigenvalue weighted by Crippen LogP contribution is -2.26. The van der Waals surface area contributed by atoms with E-state index in [-0.39, 0.29) is 34.4 Å². The van der Waals surface area contributed by atoms with E-state index < -0.39 is 0 Å². The molecule has 0 aliphatic carbocycles. The molecule has 0 aliphatic rings. The number of hydrogen-bond acceptors (Lipinski definition) is 7. The average Bonchev–Trinajstić information content (AvgIpc) is 3.32. The maximum absolute atomic E-state index is 12.6. The average molecular weight is 587 g/mol. The summed E-state index contributed by atoms with van der Waals surface area (Å²) in [6.45, 7) is 6.30. The van der Waals surface area contributed by atoms with Crippen LogP contribution in [0, 0.1) is 5.21 Å². The van der Waals surface area contributed by atoms with Gasteiger partial charge in [-0.05, 0) is 57.8 Å². The van der Waals surface area contributed by atoms with E-state index in [0.717, 1.165) is 17.3 Å². The lowest BCUT2D eigenvalue weighted by molar-refractivity contribution is -0.605. The van der Waals surface area contributed by atoms with Gasteiger partial charge in [0, 0.05) is 17.3 Å².